The van der Waals surface area contributed by atoms with Crippen LogP contribution in [0.1, 0.15) is 19.3 Å². The van der Waals surface area contributed by atoms with E-state index in [0.29, 0.717) is 5.06 Å². The molecule has 0 aromatic rings. The molecule has 1 aliphatic carbocycles. The van der Waals surface area contributed by atoms with Crippen LogP contribution in [0.3, 0.4) is 0 Å². The highest BCUT2D eigenvalue weighted by atomic mass is 16.7. The molecule has 0 aromatic heterocycles. The van der Waals surface area contributed by atoms with E-state index in [2.05, 4.69) is 5.32 Å². The number of carbonyl (C=O) groups excluding carboxylic acids is 1. The Morgan fingerprint density at radius 1 is 0.932 bits per heavy atom. The second-order valence-corrected chi connectivity index (χ2v) is 11.8. The topological polar surface area (TPSA) is 341 Å². The summed E-state index contributed by atoms with van der Waals surface area (Å²) in [6.45, 7) is -0.600. The number of carbonyl (C=O) groups is 1. The van der Waals surface area contributed by atoms with Gasteiger partial charge in [0.05, 0.1) is 50.2 Å². The zero-order valence-corrected chi connectivity index (χ0v) is 24.5. The molecule has 44 heavy (non-hydrogen) atoms. The molecule has 0 radical (unpaired) electrons. The van der Waals surface area contributed by atoms with E-state index in [1.165, 1.54) is 0 Å². The monoisotopic (exact) mass is 641 g/mol. The fourth-order valence-corrected chi connectivity index (χ4v) is 5.72. The maximum Gasteiger partial charge on any atom is 0.246 e. The summed E-state index contributed by atoms with van der Waals surface area (Å²) >= 11 is 0. The van der Waals surface area contributed by atoms with Crippen LogP contribution in [0.4, 0.5) is 0 Å². The van der Waals surface area contributed by atoms with E-state index >= 15 is 0 Å². The lowest BCUT2D eigenvalue weighted by Crippen LogP contribution is -2.66. The van der Waals surface area contributed by atoms with E-state index in [-0.39, 0.29) is 52.0 Å². The molecule has 0 bridgehead atoms. The van der Waals surface area contributed by atoms with Gasteiger partial charge in [-0.25, -0.2) is 5.06 Å². The van der Waals surface area contributed by atoms with Crippen molar-refractivity contribution in [1.82, 2.24) is 10.4 Å². The van der Waals surface area contributed by atoms with Crippen LogP contribution in [0.25, 0.3) is 0 Å². The first-order chi connectivity index (χ1) is 20.8. The van der Waals surface area contributed by atoms with E-state index in [0.717, 1.165) is 0 Å². The van der Waals surface area contributed by atoms with Gasteiger partial charge < -0.3 is 83.6 Å². The van der Waals surface area contributed by atoms with Gasteiger partial charge in [-0.2, -0.15) is 0 Å². The Bertz CT molecular complexity index is 883. The lowest BCUT2D eigenvalue weighted by Gasteiger charge is -2.48. The third kappa shape index (κ3) is 9.20. The van der Waals surface area contributed by atoms with E-state index < -0.39 is 104 Å². The summed E-state index contributed by atoms with van der Waals surface area (Å²) in [5.41, 5.74) is 29.7. The normalized spacial score (nSPS) is 42.2. The van der Waals surface area contributed by atoms with Crippen LogP contribution in [0.5, 0.6) is 0 Å². The van der Waals surface area contributed by atoms with Crippen molar-refractivity contribution in [2.75, 3.05) is 39.4 Å². The van der Waals surface area contributed by atoms with Gasteiger partial charge in [-0.3, -0.25) is 10.0 Å². The number of nitrogens with two attached hydrogens (primary N) is 5. The maximum absolute atomic E-state index is 12.7. The number of hydrogen-bond donors (Lipinski definition) is 13. The minimum atomic E-state index is -1.58. The molecule has 19 heteroatoms. The van der Waals surface area contributed by atoms with E-state index in [1.54, 1.807) is 0 Å². The molecular formula is C25H51N7O12. The molecule has 3 fully saturated rings. The van der Waals surface area contributed by atoms with Crippen molar-refractivity contribution in [3.8, 4) is 0 Å². The summed E-state index contributed by atoms with van der Waals surface area (Å²) in [6, 6.07) is -3.48. The number of rotatable bonds is 14. The van der Waals surface area contributed by atoms with E-state index in [9.17, 15) is 35.5 Å². The minimum absolute atomic E-state index is 0.00312. The van der Waals surface area contributed by atoms with Crippen LogP contribution >= 0.6 is 0 Å². The molecule has 15 atom stereocenters. The van der Waals surface area contributed by atoms with E-state index in [1.807, 2.05) is 0 Å². The highest BCUT2D eigenvalue weighted by molar-refractivity contribution is 5.75. The molecule has 1 amide bonds. The highest BCUT2D eigenvalue weighted by Gasteiger charge is 2.51. The Hall–Kier alpha value is -1.21. The maximum atomic E-state index is 12.7. The van der Waals surface area contributed by atoms with Gasteiger partial charge in [-0.05, 0) is 18.8 Å². The summed E-state index contributed by atoms with van der Waals surface area (Å²) < 4.78 is 23.5. The fraction of sp³-hybridized carbons (Fsp3) is 0.960. The largest absolute Gasteiger partial charge is 0.395 e. The highest BCUT2D eigenvalue weighted by Crippen LogP contribution is 2.36. The van der Waals surface area contributed by atoms with Crippen molar-refractivity contribution in [3.63, 3.8) is 0 Å². The first-order valence-corrected chi connectivity index (χ1v) is 14.8. The van der Waals surface area contributed by atoms with Gasteiger partial charge >= 0.3 is 0 Å². The number of nitrogens with zero attached hydrogens (tertiary/aromatic N) is 1. The number of nitrogens with one attached hydrogen (secondary N) is 1. The average molecular weight is 642 g/mol. The van der Waals surface area contributed by atoms with Crippen molar-refractivity contribution in [1.29, 1.82) is 0 Å². The summed E-state index contributed by atoms with van der Waals surface area (Å²) in [5.74, 6) is -1.55. The van der Waals surface area contributed by atoms with E-state index in [4.69, 9.17) is 52.7 Å². The smallest absolute Gasteiger partial charge is 0.246 e. The molecule has 2 saturated heterocycles. The van der Waals surface area contributed by atoms with Crippen LogP contribution in [-0.2, 0) is 23.7 Å². The number of aliphatic hydroxyl groups is 6. The number of hydrogen-bond acceptors (Lipinski definition) is 18. The molecule has 3 aliphatic rings. The lowest BCUT2D eigenvalue weighted by atomic mass is 9.77. The van der Waals surface area contributed by atoms with Crippen molar-refractivity contribution >= 4 is 5.91 Å². The van der Waals surface area contributed by atoms with Crippen LogP contribution < -0.4 is 34.0 Å². The standard InChI is InChI=1S/C25H51N7O12/c26-1-2-32(40)17(36)4-10-3-12(28)23(21(39)22(10)43-25-20(38)18(30)19(37)16(9-34)42-25)44-24-13(29)5-14(35)15(41-24)7-31-6-11(27)8-33/h10-16,18-25,31,33-35,37-40H,1-9,26-30H2/t10-,11?,12-,13+,14-,15+,16+,18-,19+,20+,21+,22-,23+,24+,25+/m0/s1. The summed E-state index contributed by atoms with van der Waals surface area (Å²) in [6.07, 6.45) is -12.8. The molecule has 0 aromatic carbocycles. The van der Waals surface area contributed by atoms with Crippen molar-refractivity contribution in [2.45, 2.75) is 105 Å². The van der Waals surface area contributed by atoms with Gasteiger partial charge in [0.15, 0.2) is 12.6 Å². The Balaban J connectivity index is 1.79. The third-order valence-corrected chi connectivity index (χ3v) is 8.31. The average Bonchev–Trinajstić information content (AvgIpc) is 2.98. The third-order valence-electron chi connectivity index (χ3n) is 8.31. The fourth-order valence-electron chi connectivity index (χ4n) is 5.72. The number of hydroxylamine groups is 2. The number of aliphatic hydroxyl groups excluding tert-OH is 6. The molecule has 1 unspecified atom stereocenters. The Morgan fingerprint density at radius 3 is 2.23 bits per heavy atom. The Kier molecular flexibility index (Phi) is 14.5. The van der Waals surface area contributed by atoms with Crippen molar-refractivity contribution in [2.24, 2.45) is 34.6 Å². The van der Waals surface area contributed by atoms with Crippen LogP contribution in [-0.4, -0.2) is 172 Å². The van der Waals surface area contributed by atoms with Crippen LogP contribution in [0.15, 0.2) is 0 Å². The summed E-state index contributed by atoms with van der Waals surface area (Å²) in [4.78, 5) is 12.7. The Morgan fingerprint density at radius 2 is 1.59 bits per heavy atom. The molecule has 18 N–H and O–H groups in total. The zero-order valence-electron chi connectivity index (χ0n) is 24.5. The SMILES string of the molecule is NCCN(O)C(=O)C[C@@H]1C[C@H](N)[C@@H](O[C@H]2O[C@H](CNCC(N)CO)[C@@H](O)C[C@H]2N)[C@H](O)[C@H]1O[C@H]1O[C@H](CO)[C@@H](O)[C@H](N)[C@H]1O. The van der Waals surface area contributed by atoms with Crippen LogP contribution in [0.2, 0.25) is 0 Å². The van der Waals surface area contributed by atoms with Crippen molar-refractivity contribution < 1.29 is 59.6 Å². The second-order valence-electron chi connectivity index (χ2n) is 11.8. The quantitative estimate of drug-likeness (QED) is 0.0618. The minimum Gasteiger partial charge on any atom is -0.395 e. The van der Waals surface area contributed by atoms with Gasteiger partial charge in [-0.15, -0.1) is 0 Å². The zero-order chi connectivity index (χ0) is 32.7. The van der Waals surface area contributed by atoms with Gasteiger partial charge in [0.25, 0.3) is 0 Å². The molecule has 1 saturated carbocycles. The summed E-state index contributed by atoms with van der Waals surface area (Å²) in [5, 5.41) is 75.2. The summed E-state index contributed by atoms with van der Waals surface area (Å²) in [7, 11) is 0. The molecule has 0 spiro atoms. The number of ether oxygens (including phenoxy) is 4. The van der Waals surface area contributed by atoms with Gasteiger partial charge in [-0.1, -0.05) is 0 Å². The first-order valence-electron chi connectivity index (χ1n) is 14.8. The lowest BCUT2D eigenvalue weighted by molar-refractivity contribution is -0.320. The molecule has 19 nitrogen and oxygen atoms in total. The van der Waals surface area contributed by atoms with Gasteiger partial charge in [0.2, 0.25) is 5.91 Å². The van der Waals surface area contributed by atoms with Crippen molar-refractivity contribution in [3.05, 3.63) is 0 Å². The van der Waals surface area contributed by atoms with Gasteiger partial charge in [0.1, 0.15) is 30.5 Å². The predicted octanol–water partition coefficient (Wildman–Crippen LogP) is -7.49. The molecule has 3 rings (SSSR count). The van der Waals surface area contributed by atoms with Gasteiger partial charge in [0, 0.05) is 38.1 Å². The molecule has 2 aliphatic heterocycles. The molecule has 258 valence electrons. The molecular weight excluding hydrogens is 590 g/mol. The second kappa shape index (κ2) is 17.1. The number of amides is 1. The predicted molar refractivity (Wildman–Crippen MR) is 150 cm³/mol. The first kappa shape index (κ1) is 37.2. The Labute approximate surface area is 255 Å². The van der Waals surface area contributed by atoms with Crippen LogP contribution in [0, 0.1) is 5.92 Å². The molecule has 2 heterocycles.